The van der Waals surface area contributed by atoms with Crippen molar-refractivity contribution in [3.8, 4) is 5.75 Å². The summed E-state index contributed by atoms with van der Waals surface area (Å²) in [5, 5.41) is 0. The van der Waals surface area contributed by atoms with E-state index in [1.165, 1.54) is 16.0 Å². The molecule has 5 nitrogen and oxygen atoms in total. The molecule has 1 aromatic carbocycles. The molecular weight excluding hydrogens is 268 g/mol. The fourth-order valence-electron chi connectivity index (χ4n) is 2.92. The van der Waals surface area contributed by atoms with Crippen molar-refractivity contribution in [2.45, 2.75) is 31.6 Å². The van der Waals surface area contributed by atoms with E-state index in [2.05, 4.69) is 12.1 Å². The minimum atomic E-state index is -0.486. The molecule has 2 amide bonds. The zero-order chi connectivity index (χ0) is 15.4. The molecule has 5 heteroatoms. The van der Waals surface area contributed by atoms with Gasteiger partial charge in [-0.3, -0.25) is 9.59 Å². The molecule has 1 atom stereocenters. The highest BCUT2D eigenvalue weighted by Crippen LogP contribution is 2.36. The van der Waals surface area contributed by atoms with Gasteiger partial charge in [-0.15, -0.1) is 0 Å². The number of carbonyl (C=O) groups is 2. The number of primary amides is 1. The zero-order valence-corrected chi connectivity index (χ0v) is 12.6. The maximum absolute atomic E-state index is 12.2. The van der Waals surface area contributed by atoms with Crippen molar-refractivity contribution in [3.63, 3.8) is 0 Å². The molecule has 2 rings (SSSR count). The number of nitrogens with zero attached hydrogens (tertiary/aromatic N) is 1. The standard InChI is InChI=1S/C16H22N2O3/c1-18(10-15(17)19)16(20)9-12-5-3-4-11-8-13(21-2)6-7-14(11)12/h6-8,12H,3-5,9-10H2,1-2H3,(H2,17,19). The molecule has 0 saturated heterocycles. The Morgan fingerprint density at radius 1 is 1.43 bits per heavy atom. The summed E-state index contributed by atoms with van der Waals surface area (Å²) < 4.78 is 5.25. The van der Waals surface area contributed by atoms with Gasteiger partial charge in [-0.25, -0.2) is 0 Å². The van der Waals surface area contributed by atoms with Crippen LogP contribution in [0.25, 0.3) is 0 Å². The van der Waals surface area contributed by atoms with Gasteiger partial charge in [-0.2, -0.15) is 0 Å². The third-order valence-electron chi connectivity index (χ3n) is 4.03. The molecule has 0 saturated carbocycles. The third kappa shape index (κ3) is 3.74. The molecule has 1 aliphatic carbocycles. The van der Waals surface area contributed by atoms with Crippen molar-refractivity contribution in [2.75, 3.05) is 20.7 Å². The Kier molecular flexibility index (Phi) is 4.83. The second-order valence-electron chi connectivity index (χ2n) is 5.57. The van der Waals surface area contributed by atoms with Gasteiger partial charge in [0.05, 0.1) is 13.7 Å². The lowest BCUT2D eigenvalue weighted by Crippen LogP contribution is -2.36. The largest absolute Gasteiger partial charge is 0.497 e. The van der Waals surface area contributed by atoms with E-state index in [-0.39, 0.29) is 18.4 Å². The van der Waals surface area contributed by atoms with Gasteiger partial charge >= 0.3 is 0 Å². The highest BCUT2D eigenvalue weighted by molar-refractivity contribution is 5.84. The van der Waals surface area contributed by atoms with Crippen LogP contribution in [0.15, 0.2) is 18.2 Å². The summed E-state index contributed by atoms with van der Waals surface area (Å²) in [5.74, 6) is 0.538. The number of rotatable bonds is 5. The molecule has 0 radical (unpaired) electrons. The van der Waals surface area contributed by atoms with Crippen LogP contribution in [-0.2, 0) is 16.0 Å². The van der Waals surface area contributed by atoms with Gasteiger partial charge < -0.3 is 15.4 Å². The molecule has 0 aliphatic heterocycles. The lowest BCUT2D eigenvalue weighted by molar-refractivity contribution is -0.134. The summed E-state index contributed by atoms with van der Waals surface area (Å²) in [6.45, 7) is -0.0268. The van der Waals surface area contributed by atoms with Gasteiger partial charge in [0.1, 0.15) is 5.75 Å². The molecule has 1 aromatic rings. The Labute approximate surface area is 125 Å². The number of fused-ring (bicyclic) bond motifs is 1. The van der Waals surface area contributed by atoms with Crippen molar-refractivity contribution in [3.05, 3.63) is 29.3 Å². The number of ether oxygens (including phenoxy) is 1. The van der Waals surface area contributed by atoms with Crippen LogP contribution in [-0.4, -0.2) is 37.4 Å². The SMILES string of the molecule is COc1ccc2c(c1)CCCC2CC(=O)N(C)CC(N)=O. The van der Waals surface area contributed by atoms with Crippen molar-refractivity contribution in [2.24, 2.45) is 5.73 Å². The lowest BCUT2D eigenvalue weighted by atomic mass is 9.81. The molecule has 114 valence electrons. The summed E-state index contributed by atoms with van der Waals surface area (Å²) in [6, 6.07) is 6.05. The maximum Gasteiger partial charge on any atom is 0.237 e. The molecule has 21 heavy (non-hydrogen) atoms. The van der Waals surface area contributed by atoms with Crippen LogP contribution >= 0.6 is 0 Å². The number of amides is 2. The van der Waals surface area contributed by atoms with Crippen molar-refractivity contribution in [1.82, 2.24) is 4.90 Å². The monoisotopic (exact) mass is 290 g/mol. The number of hydrogen-bond acceptors (Lipinski definition) is 3. The van der Waals surface area contributed by atoms with Crippen LogP contribution in [0.5, 0.6) is 5.75 Å². The van der Waals surface area contributed by atoms with E-state index in [9.17, 15) is 9.59 Å². The van der Waals surface area contributed by atoms with E-state index in [4.69, 9.17) is 10.5 Å². The minimum Gasteiger partial charge on any atom is -0.497 e. The van der Waals surface area contributed by atoms with Crippen LogP contribution in [0.1, 0.15) is 36.3 Å². The summed E-state index contributed by atoms with van der Waals surface area (Å²) in [5.41, 5.74) is 7.61. The van der Waals surface area contributed by atoms with E-state index in [1.807, 2.05) is 6.07 Å². The summed E-state index contributed by atoms with van der Waals surface area (Å²) in [4.78, 5) is 24.5. The highest BCUT2D eigenvalue weighted by Gasteiger charge is 2.24. The van der Waals surface area contributed by atoms with E-state index >= 15 is 0 Å². The normalized spacial score (nSPS) is 17.0. The summed E-state index contributed by atoms with van der Waals surface area (Å²) >= 11 is 0. The summed E-state index contributed by atoms with van der Waals surface area (Å²) in [6.07, 6.45) is 3.50. The Morgan fingerprint density at radius 2 is 2.19 bits per heavy atom. The van der Waals surface area contributed by atoms with E-state index in [0.29, 0.717) is 6.42 Å². The number of nitrogens with two attached hydrogens (primary N) is 1. The highest BCUT2D eigenvalue weighted by atomic mass is 16.5. The predicted molar refractivity (Wildman–Crippen MR) is 80.1 cm³/mol. The van der Waals surface area contributed by atoms with Crippen LogP contribution in [0.3, 0.4) is 0 Å². The number of benzene rings is 1. The number of likely N-dealkylation sites (N-methyl/N-ethyl adjacent to an activating group) is 1. The van der Waals surface area contributed by atoms with Crippen molar-refractivity contribution >= 4 is 11.8 Å². The average molecular weight is 290 g/mol. The van der Waals surface area contributed by atoms with Gasteiger partial charge in [-0.05, 0) is 48.4 Å². The molecular formula is C16H22N2O3. The van der Waals surface area contributed by atoms with E-state index in [1.54, 1.807) is 14.2 Å². The van der Waals surface area contributed by atoms with Crippen molar-refractivity contribution < 1.29 is 14.3 Å². The molecule has 0 aromatic heterocycles. The number of methoxy groups -OCH3 is 1. The molecule has 1 aliphatic rings. The third-order valence-corrected chi connectivity index (χ3v) is 4.03. The number of hydrogen-bond donors (Lipinski definition) is 1. The number of aryl methyl sites for hydroxylation is 1. The van der Waals surface area contributed by atoms with E-state index < -0.39 is 5.91 Å². The maximum atomic E-state index is 12.2. The van der Waals surface area contributed by atoms with Gasteiger partial charge in [0.15, 0.2) is 0 Å². The summed E-state index contributed by atoms with van der Waals surface area (Å²) in [7, 11) is 3.27. The van der Waals surface area contributed by atoms with Gasteiger partial charge in [0.25, 0.3) is 0 Å². The zero-order valence-electron chi connectivity index (χ0n) is 12.6. The molecule has 2 N–H and O–H groups in total. The quantitative estimate of drug-likeness (QED) is 0.892. The first-order chi connectivity index (χ1) is 10.0. The molecule has 1 unspecified atom stereocenters. The Morgan fingerprint density at radius 3 is 2.86 bits per heavy atom. The second-order valence-corrected chi connectivity index (χ2v) is 5.57. The molecule has 0 bridgehead atoms. The first-order valence-corrected chi connectivity index (χ1v) is 7.20. The van der Waals surface area contributed by atoms with Gasteiger partial charge in [0.2, 0.25) is 11.8 Å². The number of carbonyl (C=O) groups excluding carboxylic acids is 2. The Hall–Kier alpha value is -2.04. The minimum absolute atomic E-state index is 0.0268. The Bertz CT molecular complexity index is 542. The van der Waals surface area contributed by atoms with E-state index in [0.717, 1.165) is 25.0 Å². The average Bonchev–Trinajstić information content (AvgIpc) is 2.46. The predicted octanol–water partition coefficient (Wildman–Crippen LogP) is 1.45. The Balaban J connectivity index is 2.09. The molecule has 0 spiro atoms. The molecule has 0 fully saturated rings. The van der Waals surface area contributed by atoms with Crippen LogP contribution < -0.4 is 10.5 Å². The van der Waals surface area contributed by atoms with Gasteiger partial charge in [0, 0.05) is 13.5 Å². The van der Waals surface area contributed by atoms with Crippen LogP contribution in [0, 0.1) is 0 Å². The topological polar surface area (TPSA) is 72.6 Å². The van der Waals surface area contributed by atoms with Crippen LogP contribution in [0.2, 0.25) is 0 Å². The van der Waals surface area contributed by atoms with Gasteiger partial charge in [-0.1, -0.05) is 6.07 Å². The lowest BCUT2D eigenvalue weighted by Gasteiger charge is -2.27. The smallest absolute Gasteiger partial charge is 0.237 e. The molecule has 0 heterocycles. The first-order valence-electron chi connectivity index (χ1n) is 7.20. The fourth-order valence-corrected chi connectivity index (χ4v) is 2.92. The second kappa shape index (κ2) is 6.61. The first kappa shape index (κ1) is 15.4. The fraction of sp³-hybridized carbons (Fsp3) is 0.500. The van der Waals surface area contributed by atoms with Crippen LogP contribution in [0.4, 0.5) is 0 Å². The van der Waals surface area contributed by atoms with Crippen molar-refractivity contribution in [1.29, 1.82) is 0 Å².